The molecule has 1 saturated heterocycles. The van der Waals surface area contributed by atoms with Crippen LogP contribution in [-0.4, -0.2) is 55.7 Å². The summed E-state index contributed by atoms with van der Waals surface area (Å²) in [5, 5.41) is 0. The monoisotopic (exact) mass is 272 g/mol. The number of ether oxygens (including phenoxy) is 2. The van der Waals surface area contributed by atoms with Gasteiger partial charge < -0.3 is 15.2 Å². The van der Waals surface area contributed by atoms with Crippen molar-refractivity contribution in [2.24, 2.45) is 5.73 Å². The molecule has 1 aliphatic rings. The summed E-state index contributed by atoms with van der Waals surface area (Å²) in [6, 6.07) is -0.353. The van der Waals surface area contributed by atoms with E-state index in [0.717, 1.165) is 19.4 Å². The lowest BCUT2D eigenvalue weighted by Gasteiger charge is -2.30. The van der Waals surface area contributed by atoms with Gasteiger partial charge in [0.1, 0.15) is 0 Å². The minimum atomic E-state index is -0.356. The quantitative estimate of drug-likeness (QED) is 0.642. The largest absolute Gasteiger partial charge is 0.469 e. The number of carbonyl (C=O) groups is 2. The van der Waals surface area contributed by atoms with Crippen LogP contribution < -0.4 is 5.73 Å². The van der Waals surface area contributed by atoms with E-state index in [4.69, 9.17) is 10.5 Å². The molecule has 1 rings (SSSR count). The smallest absolute Gasteiger partial charge is 0.306 e. The maximum atomic E-state index is 11.5. The molecule has 0 radical (unpaired) electrons. The minimum Gasteiger partial charge on any atom is -0.469 e. The number of rotatable bonds is 8. The van der Waals surface area contributed by atoms with Crippen molar-refractivity contribution in [3.05, 3.63) is 0 Å². The van der Waals surface area contributed by atoms with E-state index in [0.29, 0.717) is 19.5 Å². The molecule has 110 valence electrons. The van der Waals surface area contributed by atoms with Crippen molar-refractivity contribution < 1.29 is 19.1 Å². The van der Waals surface area contributed by atoms with Gasteiger partial charge in [0, 0.05) is 19.7 Å². The molecule has 6 nitrogen and oxygen atoms in total. The minimum absolute atomic E-state index is 0.131. The van der Waals surface area contributed by atoms with E-state index in [2.05, 4.69) is 4.74 Å². The lowest BCUT2D eigenvalue weighted by atomic mass is 10.1. The Morgan fingerprint density at radius 3 is 2.74 bits per heavy atom. The number of hydrogen-bond donors (Lipinski definition) is 1. The first-order valence-electron chi connectivity index (χ1n) is 6.80. The van der Waals surface area contributed by atoms with Crippen molar-refractivity contribution in [1.82, 2.24) is 4.90 Å². The first-order chi connectivity index (χ1) is 9.08. The summed E-state index contributed by atoms with van der Waals surface area (Å²) in [6.07, 6.45) is 3.05. The highest BCUT2D eigenvalue weighted by Crippen LogP contribution is 2.16. The highest BCUT2D eigenvalue weighted by Gasteiger charge is 2.27. The van der Waals surface area contributed by atoms with E-state index >= 15 is 0 Å². The molecule has 0 aromatic heterocycles. The molecule has 2 unspecified atom stereocenters. The van der Waals surface area contributed by atoms with Gasteiger partial charge in [0.05, 0.1) is 25.7 Å². The summed E-state index contributed by atoms with van der Waals surface area (Å²) in [5.41, 5.74) is 5.42. The van der Waals surface area contributed by atoms with Gasteiger partial charge >= 0.3 is 5.97 Å². The van der Waals surface area contributed by atoms with Crippen LogP contribution in [0.15, 0.2) is 0 Å². The number of hydrogen-bond acceptors (Lipinski definition) is 5. The van der Waals surface area contributed by atoms with Crippen molar-refractivity contribution in [2.75, 3.05) is 26.8 Å². The Morgan fingerprint density at radius 2 is 2.26 bits per heavy atom. The Bertz CT molecular complexity index is 303. The standard InChI is InChI=1S/C13H24N2O4/c1-3-11(13(14)17)15(7-6-12(16)18-2)9-10-5-4-8-19-10/h10-11H,3-9H2,1-2H3,(H2,14,17). The van der Waals surface area contributed by atoms with Crippen molar-refractivity contribution in [2.45, 2.75) is 44.8 Å². The Hall–Kier alpha value is -1.14. The second-order valence-electron chi connectivity index (χ2n) is 4.78. The van der Waals surface area contributed by atoms with Gasteiger partial charge in [-0.2, -0.15) is 0 Å². The van der Waals surface area contributed by atoms with Gasteiger partial charge in [0.2, 0.25) is 5.91 Å². The van der Waals surface area contributed by atoms with Crippen LogP contribution in [-0.2, 0) is 19.1 Å². The third kappa shape index (κ3) is 5.16. The maximum Gasteiger partial charge on any atom is 0.306 e. The molecule has 2 atom stereocenters. The summed E-state index contributed by atoms with van der Waals surface area (Å²) in [7, 11) is 1.36. The van der Waals surface area contributed by atoms with Gasteiger partial charge in [0.25, 0.3) is 0 Å². The van der Waals surface area contributed by atoms with Crippen molar-refractivity contribution in [3.63, 3.8) is 0 Å². The Kier molecular flexibility index (Phi) is 6.80. The molecule has 1 fully saturated rings. The fourth-order valence-electron chi connectivity index (χ4n) is 2.40. The second-order valence-corrected chi connectivity index (χ2v) is 4.78. The highest BCUT2D eigenvalue weighted by molar-refractivity contribution is 5.79. The fraction of sp³-hybridized carbons (Fsp3) is 0.846. The summed E-state index contributed by atoms with van der Waals surface area (Å²) in [5.74, 6) is -0.637. The number of methoxy groups -OCH3 is 1. The van der Waals surface area contributed by atoms with Crippen LogP contribution in [0.1, 0.15) is 32.6 Å². The molecule has 0 spiro atoms. The van der Waals surface area contributed by atoms with Gasteiger partial charge in [-0.3, -0.25) is 14.5 Å². The molecule has 0 aromatic rings. The molecule has 1 heterocycles. The number of nitrogens with two attached hydrogens (primary N) is 1. The molecule has 0 aliphatic carbocycles. The zero-order chi connectivity index (χ0) is 14.3. The first-order valence-corrected chi connectivity index (χ1v) is 6.80. The Morgan fingerprint density at radius 1 is 1.53 bits per heavy atom. The number of esters is 1. The van der Waals surface area contributed by atoms with Crippen LogP contribution in [0.2, 0.25) is 0 Å². The predicted molar refractivity (Wildman–Crippen MR) is 70.5 cm³/mol. The number of carbonyl (C=O) groups excluding carboxylic acids is 2. The second kappa shape index (κ2) is 8.12. The maximum absolute atomic E-state index is 11.5. The van der Waals surface area contributed by atoms with Crippen LogP contribution in [0.4, 0.5) is 0 Å². The summed E-state index contributed by atoms with van der Waals surface area (Å²) < 4.78 is 10.2. The summed E-state index contributed by atoms with van der Waals surface area (Å²) in [4.78, 5) is 24.7. The van der Waals surface area contributed by atoms with Crippen LogP contribution in [0, 0.1) is 0 Å². The van der Waals surface area contributed by atoms with Crippen LogP contribution in [0.3, 0.4) is 0 Å². The molecule has 0 saturated carbocycles. The number of primary amides is 1. The van der Waals surface area contributed by atoms with E-state index in [-0.39, 0.29) is 30.4 Å². The topological polar surface area (TPSA) is 81.9 Å². The summed E-state index contributed by atoms with van der Waals surface area (Å²) >= 11 is 0. The van der Waals surface area contributed by atoms with Gasteiger partial charge in [-0.15, -0.1) is 0 Å². The normalized spacial score (nSPS) is 20.5. The van der Waals surface area contributed by atoms with Crippen LogP contribution >= 0.6 is 0 Å². The average Bonchev–Trinajstić information content (AvgIpc) is 2.88. The van der Waals surface area contributed by atoms with Crippen LogP contribution in [0.25, 0.3) is 0 Å². The summed E-state index contributed by atoms with van der Waals surface area (Å²) in [6.45, 7) is 3.78. The molecule has 0 aromatic carbocycles. The average molecular weight is 272 g/mol. The van der Waals surface area contributed by atoms with Gasteiger partial charge in [-0.05, 0) is 19.3 Å². The number of nitrogens with zero attached hydrogens (tertiary/aromatic N) is 1. The SMILES string of the molecule is CCC(C(N)=O)N(CCC(=O)OC)CC1CCCO1. The molecule has 2 N–H and O–H groups in total. The Labute approximate surface area is 114 Å². The molecule has 0 bridgehead atoms. The highest BCUT2D eigenvalue weighted by atomic mass is 16.5. The number of amides is 1. The zero-order valence-corrected chi connectivity index (χ0v) is 11.8. The van der Waals surface area contributed by atoms with E-state index in [1.807, 2.05) is 11.8 Å². The van der Waals surface area contributed by atoms with Crippen molar-refractivity contribution >= 4 is 11.9 Å². The lowest BCUT2D eigenvalue weighted by Crippen LogP contribution is -2.48. The van der Waals surface area contributed by atoms with Gasteiger partial charge in [0.15, 0.2) is 0 Å². The van der Waals surface area contributed by atoms with Crippen LogP contribution in [0.5, 0.6) is 0 Å². The van der Waals surface area contributed by atoms with E-state index in [1.165, 1.54) is 7.11 Å². The third-order valence-corrected chi connectivity index (χ3v) is 3.45. The molecular formula is C13H24N2O4. The molecule has 1 amide bonds. The van der Waals surface area contributed by atoms with Crippen molar-refractivity contribution in [3.8, 4) is 0 Å². The Balaban J connectivity index is 2.59. The third-order valence-electron chi connectivity index (χ3n) is 3.45. The molecule has 6 heteroatoms. The molecular weight excluding hydrogens is 248 g/mol. The van der Waals surface area contributed by atoms with E-state index in [1.54, 1.807) is 0 Å². The molecule has 1 aliphatic heterocycles. The van der Waals surface area contributed by atoms with E-state index < -0.39 is 0 Å². The van der Waals surface area contributed by atoms with E-state index in [9.17, 15) is 9.59 Å². The first kappa shape index (κ1) is 15.9. The van der Waals surface area contributed by atoms with Crippen molar-refractivity contribution in [1.29, 1.82) is 0 Å². The van der Waals surface area contributed by atoms with Gasteiger partial charge in [-0.25, -0.2) is 0 Å². The predicted octanol–water partition coefficient (Wildman–Crippen LogP) is 0.294. The lowest BCUT2D eigenvalue weighted by molar-refractivity contribution is -0.141. The van der Waals surface area contributed by atoms with Gasteiger partial charge in [-0.1, -0.05) is 6.92 Å². The fourth-order valence-corrected chi connectivity index (χ4v) is 2.40. The zero-order valence-electron chi connectivity index (χ0n) is 11.8. The molecule has 19 heavy (non-hydrogen) atoms.